The molecule has 0 N–H and O–H groups in total. The van der Waals surface area contributed by atoms with Crippen molar-refractivity contribution in [1.29, 1.82) is 0 Å². The van der Waals surface area contributed by atoms with Crippen LogP contribution in [0.25, 0.3) is 6.08 Å². The van der Waals surface area contributed by atoms with Crippen LogP contribution in [0.3, 0.4) is 0 Å². The molecule has 1 aromatic rings. The van der Waals surface area contributed by atoms with Gasteiger partial charge in [0.05, 0.1) is 0 Å². The van der Waals surface area contributed by atoms with Crippen molar-refractivity contribution in [2.24, 2.45) is 5.92 Å². The molecule has 3 rings (SSSR count). The zero-order chi connectivity index (χ0) is 14.9. The number of halogens is 1. The summed E-state index contributed by atoms with van der Waals surface area (Å²) in [5, 5.41) is 0. The molecule has 1 heterocycles. The smallest absolute Gasteiger partial charge is 0.130 e. The first-order chi connectivity index (χ1) is 10.1. The van der Waals surface area contributed by atoms with E-state index in [9.17, 15) is 0 Å². The number of fused-ring (bicyclic) bond motifs is 1. The topological polar surface area (TPSA) is 9.23 Å². The van der Waals surface area contributed by atoms with Crippen molar-refractivity contribution in [2.45, 2.75) is 58.0 Å². The summed E-state index contributed by atoms with van der Waals surface area (Å²) in [5.41, 5.74) is 3.84. The van der Waals surface area contributed by atoms with Gasteiger partial charge in [0.1, 0.15) is 11.4 Å². The number of hydrogen-bond donors (Lipinski definition) is 0. The third kappa shape index (κ3) is 3.29. The number of hydrogen-bond acceptors (Lipinski definition) is 1. The Morgan fingerprint density at radius 3 is 2.76 bits per heavy atom. The maximum atomic E-state index is 6.25. The van der Waals surface area contributed by atoms with Gasteiger partial charge >= 0.3 is 0 Å². The zero-order valence-corrected chi connectivity index (χ0v) is 13.9. The molecule has 0 bridgehead atoms. The van der Waals surface area contributed by atoms with Crippen LogP contribution in [0.15, 0.2) is 23.8 Å². The van der Waals surface area contributed by atoms with Crippen LogP contribution >= 0.6 is 11.6 Å². The van der Waals surface area contributed by atoms with E-state index in [0.29, 0.717) is 11.8 Å². The van der Waals surface area contributed by atoms with Crippen LogP contribution in [-0.2, 0) is 6.42 Å². The summed E-state index contributed by atoms with van der Waals surface area (Å²) in [7, 11) is 0. The molecular weight excluding hydrogens is 280 g/mol. The van der Waals surface area contributed by atoms with Crippen molar-refractivity contribution in [3.05, 3.63) is 34.9 Å². The van der Waals surface area contributed by atoms with Crippen molar-refractivity contribution in [1.82, 2.24) is 0 Å². The number of rotatable bonds is 3. The lowest BCUT2D eigenvalue weighted by Crippen LogP contribution is -2.24. The maximum Gasteiger partial charge on any atom is 0.130 e. The van der Waals surface area contributed by atoms with E-state index in [0.717, 1.165) is 12.2 Å². The van der Waals surface area contributed by atoms with E-state index in [1.165, 1.54) is 48.8 Å². The molecule has 1 saturated carbocycles. The Morgan fingerprint density at radius 2 is 2.05 bits per heavy atom. The molecule has 1 aliphatic heterocycles. The molecule has 0 spiro atoms. The first kappa shape index (κ1) is 15.0. The van der Waals surface area contributed by atoms with Gasteiger partial charge in [-0.05, 0) is 38.2 Å². The van der Waals surface area contributed by atoms with Crippen LogP contribution in [-0.4, -0.2) is 11.5 Å². The number of benzene rings is 1. The van der Waals surface area contributed by atoms with Gasteiger partial charge in [0.25, 0.3) is 0 Å². The molecule has 0 radical (unpaired) electrons. The quantitative estimate of drug-likeness (QED) is 0.660. The summed E-state index contributed by atoms with van der Waals surface area (Å²) in [6.07, 6.45) is 9.93. The molecule has 2 heteroatoms. The average Bonchev–Trinajstić information content (AvgIpc) is 2.80. The Morgan fingerprint density at radius 1 is 1.29 bits per heavy atom. The summed E-state index contributed by atoms with van der Waals surface area (Å²) in [6.45, 7) is 4.31. The summed E-state index contributed by atoms with van der Waals surface area (Å²) < 4.78 is 6.17. The molecule has 1 fully saturated rings. The van der Waals surface area contributed by atoms with Gasteiger partial charge in [-0.25, -0.2) is 0 Å². The van der Waals surface area contributed by atoms with Crippen molar-refractivity contribution in [2.75, 3.05) is 5.88 Å². The van der Waals surface area contributed by atoms with Gasteiger partial charge in [0.2, 0.25) is 0 Å². The molecule has 114 valence electrons. The number of allylic oxidation sites excluding steroid dienone is 1. The van der Waals surface area contributed by atoms with Crippen LogP contribution in [0.5, 0.6) is 5.75 Å². The molecule has 1 nitrogen and oxygen atoms in total. The van der Waals surface area contributed by atoms with Crippen molar-refractivity contribution >= 4 is 17.7 Å². The van der Waals surface area contributed by atoms with Crippen LogP contribution in [0.1, 0.15) is 57.1 Å². The molecule has 1 aromatic carbocycles. The number of ether oxygens (including phenoxy) is 1. The molecular formula is C19H25ClO. The van der Waals surface area contributed by atoms with Crippen LogP contribution in [0, 0.1) is 5.92 Å². The van der Waals surface area contributed by atoms with E-state index in [2.05, 4.69) is 38.1 Å². The lowest BCUT2D eigenvalue weighted by molar-refractivity contribution is 0.138. The van der Waals surface area contributed by atoms with Crippen molar-refractivity contribution in [3.8, 4) is 5.75 Å². The van der Waals surface area contributed by atoms with E-state index < -0.39 is 0 Å². The normalized spacial score (nSPS) is 22.0. The SMILES string of the molecule is CC1(C)Cc2cccc(/C=C(/CCl)C3CCCCC3)c2O1. The minimum absolute atomic E-state index is 0.0851. The second-order valence-electron chi connectivity index (χ2n) is 7.06. The van der Waals surface area contributed by atoms with Gasteiger partial charge in [-0.3, -0.25) is 0 Å². The average molecular weight is 305 g/mol. The molecule has 0 aromatic heterocycles. The Labute approximate surface area is 133 Å². The highest BCUT2D eigenvalue weighted by molar-refractivity contribution is 6.19. The molecule has 0 amide bonds. The van der Waals surface area contributed by atoms with Crippen LogP contribution < -0.4 is 4.74 Å². The van der Waals surface area contributed by atoms with E-state index in [4.69, 9.17) is 16.3 Å². The van der Waals surface area contributed by atoms with Gasteiger partial charge in [-0.2, -0.15) is 0 Å². The molecule has 0 atom stereocenters. The summed E-state index contributed by atoms with van der Waals surface area (Å²) in [4.78, 5) is 0. The summed E-state index contributed by atoms with van der Waals surface area (Å²) in [6, 6.07) is 6.49. The minimum atomic E-state index is -0.0851. The third-order valence-corrected chi connectivity index (χ3v) is 5.05. The Hall–Kier alpha value is -0.950. The monoisotopic (exact) mass is 304 g/mol. The second kappa shape index (κ2) is 6.04. The van der Waals surface area contributed by atoms with E-state index in [1.54, 1.807) is 0 Å². The highest BCUT2D eigenvalue weighted by Gasteiger charge is 2.31. The largest absolute Gasteiger partial charge is 0.487 e. The fraction of sp³-hybridized carbons (Fsp3) is 0.579. The van der Waals surface area contributed by atoms with E-state index in [-0.39, 0.29) is 5.60 Å². The number of para-hydroxylation sites is 1. The highest BCUT2D eigenvalue weighted by Crippen LogP contribution is 2.40. The summed E-state index contributed by atoms with van der Waals surface area (Å²) in [5.74, 6) is 2.38. The number of alkyl halides is 1. The molecule has 0 saturated heterocycles. The minimum Gasteiger partial charge on any atom is -0.487 e. The second-order valence-corrected chi connectivity index (χ2v) is 7.33. The van der Waals surface area contributed by atoms with Crippen LogP contribution in [0.2, 0.25) is 0 Å². The van der Waals surface area contributed by atoms with Gasteiger partial charge in [0.15, 0.2) is 0 Å². The fourth-order valence-corrected chi connectivity index (χ4v) is 3.99. The molecule has 1 aliphatic carbocycles. The Kier molecular flexibility index (Phi) is 4.31. The highest BCUT2D eigenvalue weighted by atomic mass is 35.5. The predicted octanol–water partition coefficient (Wildman–Crippen LogP) is 5.60. The first-order valence-electron chi connectivity index (χ1n) is 8.16. The Balaban J connectivity index is 1.90. The summed E-state index contributed by atoms with van der Waals surface area (Å²) >= 11 is 6.25. The standard InChI is InChI=1S/C19H25ClO/c1-19(2)12-16-10-6-9-15(18(16)21-19)11-17(13-20)14-7-4-3-5-8-14/h6,9-11,14H,3-5,7-8,12-13H2,1-2H3/b17-11-. The fourth-order valence-electron chi connectivity index (χ4n) is 3.69. The lowest BCUT2D eigenvalue weighted by atomic mass is 9.83. The van der Waals surface area contributed by atoms with E-state index >= 15 is 0 Å². The van der Waals surface area contributed by atoms with E-state index in [1.807, 2.05) is 0 Å². The van der Waals surface area contributed by atoms with Gasteiger partial charge < -0.3 is 4.74 Å². The van der Waals surface area contributed by atoms with Crippen molar-refractivity contribution in [3.63, 3.8) is 0 Å². The lowest BCUT2D eigenvalue weighted by Gasteiger charge is -2.24. The zero-order valence-electron chi connectivity index (χ0n) is 13.1. The van der Waals surface area contributed by atoms with Gasteiger partial charge in [-0.15, -0.1) is 11.6 Å². The maximum absolute atomic E-state index is 6.25. The molecule has 0 unspecified atom stereocenters. The molecule has 21 heavy (non-hydrogen) atoms. The van der Waals surface area contributed by atoms with Gasteiger partial charge in [0, 0.05) is 17.9 Å². The first-order valence-corrected chi connectivity index (χ1v) is 8.70. The van der Waals surface area contributed by atoms with Crippen LogP contribution in [0.4, 0.5) is 0 Å². The molecule has 2 aliphatic rings. The third-order valence-electron chi connectivity index (χ3n) is 4.75. The predicted molar refractivity (Wildman–Crippen MR) is 90.1 cm³/mol. The van der Waals surface area contributed by atoms with Crippen molar-refractivity contribution < 1.29 is 4.74 Å². The van der Waals surface area contributed by atoms with Gasteiger partial charge in [-0.1, -0.05) is 49.1 Å². The Bertz CT molecular complexity index is 538.